The Labute approximate surface area is 137 Å². The Hall–Kier alpha value is -1.91. The number of aromatic nitrogens is 3. The molecule has 0 fully saturated rings. The third kappa shape index (κ3) is 3.60. The van der Waals surface area contributed by atoms with E-state index in [4.69, 9.17) is 0 Å². The van der Waals surface area contributed by atoms with Crippen molar-refractivity contribution in [3.05, 3.63) is 29.8 Å². The molecule has 0 saturated heterocycles. The highest BCUT2D eigenvalue weighted by atomic mass is 32.2. The maximum atomic E-state index is 13.2. The molecule has 2 rings (SSSR count). The minimum atomic E-state index is -4.83. The Balaban J connectivity index is 2.76. The molecule has 24 heavy (non-hydrogen) atoms. The molecule has 2 heterocycles. The van der Waals surface area contributed by atoms with Gasteiger partial charge in [0.25, 0.3) is 0 Å². The fourth-order valence-electron chi connectivity index (χ4n) is 1.99. The van der Waals surface area contributed by atoms with E-state index in [9.17, 15) is 26.3 Å². The van der Waals surface area contributed by atoms with Crippen LogP contribution in [0.5, 0.6) is 0 Å². The van der Waals surface area contributed by atoms with Gasteiger partial charge < -0.3 is 5.32 Å². The summed E-state index contributed by atoms with van der Waals surface area (Å²) in [6.45, 7) is 1.71. The molecule has 0 aromatic carbocycles. The second kappa shape index (κ2) is 6.54. The SMILES string of the molecule is CCSc1cnc(C(F)(F)F)n1-c1cc(C(F)(F)F)cnc1NC. The highest BCUT2D eigenvalue weighted by molar-refractivity contribution is 7.99. The van der Waals surface area contributed by atoms with Gasteiger partial charge in [0.15, 0.2) is 0 Å². The van der Waals surface area contributed by atoms with E-state index in [-0.39, 0.29) is 16.5 Å². The molecular formula is C13H12F6N4S. The van der Waals surface area contributed by atoms with Gasteiger partial charge in [-0.1, -0.05) is 6.92 Å². The lowest BCUT2D eigenvalue weighted by Gasteiger charge is -2.17. The second-order valence-corrected chi connectivity index (χ2v) is 5.81. The Kier molecular flexibility index (Phi) is 5.02. The standard InChI is InChI=1S/C13H12F6N4S/c1-3-24-9-6-22-11(13(17,18)19)23(9)8-4-7(12(14,15)16)5-21-10(8)20-2/h4-6H,3H2,1-2H3,(H,20,21). The number of halogens is 6. The van der Waals surface area contributed by atoms with Crippen molar-refractivity contribution in [1.29, 1.82) is 0 Å². The summed E-state index contributed by atoms with van der Waals surface area (Å²) in [5, 5.41) is 2.58. The first kappa shape index (κ1) is 18.4. The molecule has 0 saturated carbocycles. The Morgan fingerprint density at radius 1 is 1.08 bits per heavy atom. The van der Waals surface area contributed by atoms with Gasteiger partial charge in [-0.05, 0) is 11.8 Å². The third-order valence-corrected chi connectivity index (χ3v) is 3.82. The summed E-state index contributed by atoms with van der Waals surface area (Å²) in [5.41, 5.74) is -1.51. The molecule has 0 aliphatic carbocycles. The first-order chi connectivity index (χ1) is 11.1. The predicted molar refractivity (Wildman–Crippen MR) is 77.3 cm³/mol. The van der Waals surface area contributed by atoms with Crippen molar-refractivity contribution in [3.8, 4) is 5.69 Å². The number of hydrogen-bond donors (Lipinski definition) is 1. The van der Waals surface area contributed by atoms with Gasteiger partial charge >= 0.3 is 12.4 Å². The maximum Gasteiger partial charge on any atom is 0.450 e. The molecule has 0 amide bonds. The van der Waals surface area contributed by atoms with Crippen LogP contribution in [0.1, 0.15) is 18.3 Å². The van der Waals surface area contributed by atoms with Gasteiger partial charge in [0.05, 0.1) is 22.5 Å². The highest BCUT2D eigenvalue weighted by Crippen LogP contribution is 2.38. The fraction of sp³-hybridized carbons (Fsp3) is 0.385. The summed E-state index contributed by atoms with van der Waals surface area (Å²) in [6, 6.07) is 0.621. The summed E-state index contributed by atoms with van der Waals surface area (Å²) < 4.78 is 79.0. The van der Waals surface area contributed by atoms with Crippen LogP contribution in [0.25, 0.3) is 5.69 Å². The number of nitrogens with one attached hydrogen (secondary N) is 1. The number of rotatable bonds is 4. The Morgan fingerprint density at radius 2 is 1.75 bits per heavy atom. The van der Waals surface area contributed by atoms with Crippen molar-refractivity contribution >= 4 is 17.6 Å². The molecule has 2 aromatic rings. The van der Waals surface area contributed by atoms with Crippen LogP contribution in [-0.2, 0) is 12.4 Å². The van der Waals surface area contributed by atoms with E-state index in [1.54, 1.807) is 6.92 Å². The van der Waals surface area contributed by atoms with Gasteiger partial charge in [-0.25, -0.2) is 9.97 Å². The van der Waals surface area contributed by atoms with Gasteiger partial charge in [0.1, 0.15) is 5.82 Å². The number of imidazole rings is 1. The smallest absolute Gasteiger partial charge is 0.371 e. The minimum absolute atomic E-state index is 0.0717. The number of anilines is 1. The molecule has 0 atom stereocenters. The molecule has 0 radical (unpaired) electrons. The van der Waals surface area contributed by atoms with Crippen molar-refractivity contribution in [3.63, 3.8) is 0 Å². The van der Waals surface area contributed by atoms with Crippen molar-refractivity contribution in [2.75, 3.05) is 18.1 Å². The van der Waals surface area contributed by atoms with Crippen LogP contribution in [0, 0.1) is 0 Å². The molecule has 11 heteroatoms. The van der Waals surface area contributed by atoms with Crippen LogP contribution in [0.3, 0.4) is 0 Å². The van der Waals surface area contributed by atoms with Crippen molar-refractivity contribution in [1.82, 2.24) is 14.5 Å². The van der Waals surface area contributed by atoms with E-state index in [0.29, 0.717) is 22.6 Å². The largest absolute Gasteiger partial charge is 0.450 e. The summed E-state index contributed by atoms with van der Waals surface area (Å²) in [4.78, 5) is 6.92. The van der Waals surface area contributed by atoms with Crippen molar-refractivity contribution < 1.29 is 26.3 Å². The van der Waals surface area contributed by atoms with Crippen LogP contribution in [0.15, 0.2) is 23.5 Å². The van der Waals surface area contributed by atoms with Gasteiger partial charge in [0, 0.05) is 13.2 Å². The number of hydrogen-bond acceptors (Lipinski definition) is 4. The van der Waals surface area contributed by atoms with Gasteiger partial charge in [-0.15, -0.1) is 11.8 Å². The number of nitrogens with zero attached hydrogens (tertiary/aromatic N) is 3. The highest BCUT2D eigenvalue weighted by Gasteiger charge is 2.39. The van der Waals surface area contributed by atoms with Gasteiger partial charge in [-0.2, -0.15) is 26.3 Å². The second-order valence-electron chi connectivity index (χ2n) is 4.53. The van der Waals surface area contributed by atoms with Gasteiger partial charge in [-0.3, -0.25) is 4.57 Å². The van der Waals surface area contributed by atoms with Crippen LogP contribution in [0.4, 0.5) is 32.2 Å². The van der Waals surface area contributed by atoms with E-state index < -0.39 is 23.7 Å². The molecule has 0 aliphatic heterocycles. The zero-order chi connectivity index (χ0) is 18.1. The van der Waals surface area contributed by atoms with E-state index in [1.165, 1.54) is 7.05 Å². The van der Waals surface area contributed by atoms with E-state index in [2.05, 4.69) is 15.3 Å². The fourth-order valence-corrected chi connectivity index (χ4v) is 2.73. The molecule has 1 N–H and O–H groups in total. The van der Waals surface area contributed by atoms with Crippen molar-refractivity contribution in [2.45, 2.75) is 24.3 Å². The average Bonchev–Trinajstić information content (AvgIpc) is 2.89. The average molecular weight is 370 g/mol. The topological polar surface area (TPSA) is 42.7 Å². The number of pyridine rings is 1. The molecule has 4 nitrogen and oxygen atoms in total. The van der Waals surface area contributed by atoms with Crippen LogP contribution in [-0.4, -0.2) is 27.3 Å². The van der Waals surface area contributed by atoms with E-state index in [1.807, 2.05) is 0 Å². The monoisotopic (exact) mass is 370 g/mol. The normalized spacial score (nSPS) is 12.5. The summed E-state index contributed by atoms with van der Waals surface area (Å²) >= 11 is 1.03. The first-order valence-electron chi connectivity index (χ1n) is 6.62. The zero-order valence-corrected chi connectivity index (χ0v) is 13.3. The predicted octanol–water partition coefficient (Wildman–Crippen LogP) is 4.46. The summed E-state index contributed by atoms with van der Waals surface area (Å²) in [5.74, 6) is -1.01. The third-order valence-electron chi connectivity index (χ3n) is 2.95. The molecule has 0 unspecified atom stereocenters. The van der Waals surface area contributed by atoms with Crippen LogP contribution < -0.4 is 5.32 Å². The van der Waals surface area contributed by atoms with Crippen LogP contribution in [0.2, 0.25) is 0 Å². The Bertz CT molecular complexity index is 722. The quantitative estimate of drug-likeness (QED) is 0.638. The molecule has 0 bridgehead atoms. The lowest BCUT2D eigenvalue weighted by atomic mass is 10.2. The zero-order valence-electron chi connectivity index (χ0n) is 12.5. The molecular weight excluding hydrogens is 358 g/mol. The van der Waals surface area contributed by atoms with E-state index >= 15 is 0 Å². The number of thioether (sulfide) groups is 1. The summed E-state index contributed by atoms with van der Waals surface area (Å²) in [6.07, 6.45) is -8.01. The Morgan fingerprint density at radius 3 is 2.25 bits per heavy atom. The lowest BCUT2D eigenvalue weighted by Crippen LogP contribution is -2.17. The summed E-state index contributed by atoms with van der Waals surface area (Å²) in [7, 11) is 1.36. The minimum Gasteiger partial charge on any atom is -0.371 e. The molecule has 0 aliphatic rings. The molecule has 132 valence electrons. The lowest BCUT2D eigenvalue weighted by molar-refractivity contribution is -0.146. The number of alkyl halides is 6. The molecule has 2 aromatic heterocycles. The first-order valence-corrected chi connectivity index (χ1v) is 7.61. The van der Waals surface area contributed by atoms with Crippen molar-refractivity contribution in [2.24, 2.45) is 0 Å². The molecule has 0 spiro atoms. The van der Waals surface area contributed by atoms with Gasteiger partial charge in [0.2, 0.25) is 5.82 Å². The van der Waals surface area contributed by atoms with E-state index in [0.717, 1.165) is 18.0 Å². The van der Waals surface area contributed by atoms with Crippen LogP contribution >= 0.6 is 11.8 Å². The maximum absolute atomic E-state index is 13.2.